The third kappa shape index (κ3) is 3.31. The van der Waals surface area contributed by atoms with E-state index in [1.807, 2.05) is 37.1 Å². The first-order valence-electron chi connectivity index (χ1n) is 7.33. The molecule has 0 aromatic heterocycles. The van der Waals surface area contributed by atoms with Crippen LogP contribution in [0.25, 0.3) is 0 Å². The minimum atomic E-state index is 0.0686. The smallest absolute Gasteiger partial charge is 0.256 e. The summed E-state index contributed by atoms with van der Waals surface area (Å²) in [4.78, 5) is 14.5. The van der Waals surface area contributed by atoms with Crippen LogP contribution in [-0.4, -0.2) is 43.7 Å². The van der Waals surface area contributed by atoms with Crippen molar-refractivity contribution in [2.45, 2.75) is 32.7 Å². The second-order valence-corrected chi connectivity index (χ2v) is 5.41. The fraction of sp³-hybridized carbons (Fsp3) is 0.562. The number of carbonyl (C=O) groups excluding carboxylic acids is 1. The van der Waals surface area contributed by atoms with Gasteiger partial charge in [0.25, 0.3) is 5.91 Å². The molecule has 0 radical (unpaired) electrons. The van der Waals surface area contributed by atoms with E-state index < -0.39 is 0 Å². The van der Waals surface area contributed by atoms with E-state index in [4.69, 9.17) is 4.74 Å². The average molecular weight is 276 g/mol. The normalized spacial score (nSPS) is 18.1. The first-order valence-corrected chi connectivity index (χ1v) is 7.33. The predicted octanol–water partition coefficient (Wildman–Crippen LogP) is 2.68. The van der Waals surface area contributed by atoms with E-state index in [-0.39, 0.29) is 11.9 Å². The van der Waals surface area contributed by atoms with Gasteiger partial charge >= 0.3 is 0 Å². The molecular weight excluding hydrogens is 252 g/mol. The van der Waals surface area contributed by atoms with Gasteiger partial charge in [-0.2, -0.15) is 0 Å². The SMILES string of the molecule is CCCNc1cc(C)ccc1C(=O)N(C)C1CCOC1. The number of rotatable bonds is 5. The first-order chi connectivity index (χ1) is 9.63. The summed E-state index contributed by atoms with van der Waals surface area (Å²) in [7, 11) is 1.87. The fourth-order valence-corrected chi connectivity index (χ4v) is 2.43. The molecule has 4 nitrogen and oxygen atoms in total. The number of anilines is 1. The Morgan fingerprint density at radius 2 is 2.30 bits per heavy atom. The monoisotopic (exact) mass is 276 g/mol. The molecule has 0 saturated carbocycles. The minimum absolute atomic E-state index is 0.0686. The maximum atomic E-state index is 12.7. The van der Waals surface area contributed by atoms with Crippen molar-refractivity contribution in [2.75, 3.05) is 32.1 Å². The van der Waals surface area contributed by atoms with E-state index in [9.17, 15) is 4.79 Å². The van der Waals surface area contributed by atoms with Gasteiger partial charge in [0.05, 0.1) is 18.2 Å². The lowest BCUT2D eigenvalue weighted by molar-refractivity contribution is 0.0712. The van der Waals surface area contributed by atoms with Crippen LogP contribution in [0.1, 0.15) is 35.7 Å². The summed E-state index contributed by atoms with van der Waals surface area (Å²) in [6, 6.07) is 6.15. The topological polar surface area (TPSA) is 41.6 Å². The summed E-state index contributed by atoms with van der Waals surface area (Å²) in [5.74, 6) is 0.0686. The zero-order valence-corrected chi connectivity index (χ0v) is 12.6. The summed E-state index contributed by atoms with van der Waals surface area (Å²) in [5, 5.41) is 3.35. The summed E-state index contributed by atoms with van der Waals surface area (Å²) in [5.41, 5.74) is 2.84. The van der Waals surface area contributed by atoms with Crippen molar-refractivity contribution in [3.63, 3.8) is 0 Å². The van der Waals surface area contributed by atoms with Crippen LogP contribution in [0, 0.1) is 6.92 Å². The Morgan fingerprint density at radius 1 is 1.50 bits per heavy atom. The van der Waals surface area contributed by atoms with Crippen molar-refractivity contribution < 1.29 is 9.53 Å². The number of amides is 1. The molecule has 0 bridgehead atoms. The van der Waals surface area contributed by atoms with Gasteiger partial charge in [-0.25, -0.2) is 0 Å². The van der Waals surface area contributed by atoms with E-state index in [2.05, 4.69) is 12.2 Å². The van der Waals surface area contributed by atoms with Gasteiger partial charge in [-0.3, -0.25) is 4.79 Å². The van der Waals surface area contributed by atoms with Gasteiger partial charge < -0.3 is 15.0 Å². The standard InChI is InChI=1S/C16H24N2O2/c1-4-8-17-15-10-12(2)5-6-14(15)16(19)18(3)13-7-9-20-11-13/h5-6,10,13,17H,4,7-9,11H2,1-3H3. The largest absolute Gasteiger partial charge is 0.384 e. The lowest BCUT2D eigenvalue weighted by atomic mass is 10.1. The van der Waals surface area contributed by atoms with Crippen molar-refractivity contribution in [1.82, 2.24) is 4.90 Å². The van der Waals surface area contributed by atoms with E-state index in [1.54, 1.807) is 0 Å². The molecular formula is C16H24N2O2. The van der Waals surface area contributed by atoms with Crippen LogP contribution in [0.15, 0.2) is 18.2 Å². The van der Waals surface area contributed by atoms with Gasteiger partial charge in [0, 0.05) is 25.9 Å². The zero-order valence-electron chi connectivity index (χ0n) is 12.6. The number of hydrogen-bond donors (Lipinski definition) is 1. The van der Waals surface area contributed by atoms with Gasteiger partial charge in [-0.1, -0.05) is 13.0 Å². The maximum absolute atomic E-state index is 12.7. The van der Waals surface area contributed by atoms with Crippen molar-refractivity contribution in [3.05, 3.63) is 29.3 Å². The number of likely N-dealkylation sites (N-methyl/N-ethyl adjacent to an activating group) is 1. The van der Waals surface area contributed by atoms with E-state index in [0.29, 0.717) is 6.61 Å². The van der Waals surface area contributed by atoms with Crippen molar-refractivity contribution in [1.29, 1.82) is 0 Å². The zero-order chi connectivity index (χ0) is 14.5. The number of ether oxygens (including phenoxy) is 1. The molecule has 1 N–H and O–H groups in total. The molecule has 1 saturated heterocycles. The molecule has 0 aliphatic carbocycles. The molecule has 2 rings (SSSR count). The number of benzene rings is 1. The Balaban J connectivity index is 2.19. The highest BCUT2D eigenvalue weighted by Crippen LogP contribution is 2.21. The molecule has 20 heavy (non-hydrogen) atoms. The molecule has 1 amide bonds. The molecule has 1 heterocycles. The summed E-state index contributed by atoms with van der Waals surface area (Å²) in [6.07, 6.45) is 1.96. The Labute approximate surface area is 121 Å². The van der Waals surface area contributed by atoms with Crippen LogP contribution in [0.2, 0.25) is 0 Å². The highest BCUT2D eigenvalue weighted by Gasteiger charge is 2.26. The number of aryl methyl sites for hydroxylation is 1. The van der Waals surface area contributed by atoms with Crippen molar-refractivity contribution in [3.8, 4) is 0 Å². The average Bonchev–Trinajstić information content (AvgIpc) is 2.97. The molecule has 0 spiro atoms. The summed E-state index contributed by atoms with van der Waals surface area (Å²) >= 11 is 0. The Hall–Kier alpha value is -1.55. The van der Waals surface area contributed by atoms with Crippen LogP contribution >= 0.6 is 0 Å². The predicted molar refractivity (Wildman–Crippen MR) is 81.3 cm³/mol. The Bertz CT molecular complexity index is 468. The van der Waals surface area contributed by atoms with Crippen LogP contribution in [-0.2, 0) is 4.74 Å². The number of nitrogens with one attached hydrogen (secondary N) is 1. The molecule has 1 aromatic carbocycles. The van der Waals surface area contributed by atoms with Gasteiger partial charge in [0.15, 0.2) is 0 Å². The van der Waals surface area contributed by atoms with Gasteiger partial charge in [0.1, 0.15) is 0 Å². The maximum Gasteiger partial charge on any atom is 0.256 e. The summed E-state index contributed by atoms with van der Waals surface area (Å²) in [6.45, 7) is 6.43. The fourth-order valence-electron chi connectivity index (χ4n) is 2.43. The second-order valence-electron chi connectivity index (χ2n) is 5.41. The van der Waals surface area contributed by atoms with Crippen LogP contribution < -0.4 is 5.32 Å². The second kappa shape index (κ2) is 6.75. The Morgan fingerprint density at radius 3 is 2.95 bits per heavy atom. The first kappa shape index (κ1) is 14.9. The van der Waals surface area contributed by atoms with Gasteiger partial charge in [0.2, 0.25) is 0 Å². The van der Waals surface area contributed by atoms with E-state index >= 15 is 0 Å². The lowest BCUT2D eigenvalue weighted by Gasteiger charge is -2.24. The van der Waals surface area contributed by atoms with E-state index in [1.165, 1.54) is 0 Å². The molecule has 1 unspecified atom stereocenters. The number of nitrogens with zero attached hydrogens (tertiary/aromatic N) is 1. The van der Waals surface area contributed by atoms with E-state index in [0.717, 1.165) is 42.8 Å². The molecule has 1 fully saturated rings. The highest BCUT2D eigenvalue weighted by molar-refractivity contribution is 5.99. The van der Waals surface area contributed by atoms with Gasteiger partial charge in [-0.05, 0) is 37.5 Å². The number of carbonyl (C=O) groups is 1. The molecule has 110 valence electrons. The third-order valence-corrected chi connectivity index (χ3v) is 3.74. The molecule has 1 atom stereocenters. The lowest BCUT2D eigenvalue weighted by Crippen LogP contribution is -2.37. The quantitative estimate of drug-likeness (QED) is 0.899. The molecule has 1 aliphatic rings. The molecule has 4 heteroatoms. The van der Waals surface area contributed by atoms with Crippen molar-refractivity contribution >= 4 is 11.6 Å². The number of hydrogen-bond acceptors (Lipinski definition) is 3. The highest BCUT2D eigenvalue weighted by atomic mass is 16.5. The summed E-state index contributed by atoms with van der Waals surface area (Å²) < 4.78 is 5.37. The van der Waals surface area contributed by atoms with Gasteiger partial charge in [-0.15, -0.1) is 0 Å². The molecule has 1 aromatic rings. The molecule has 1 aliphatic heterocycles. The Kier molecular flexibility index (Phi) is 5.01. The van der Waals surface area contributed by atoms with Crippen LogP contribution in [0.5, 0.6) is 0 Å². The third-order valence-electron chi connectivity index (χ3n) is 3.74. The van der Waals surface area contributed by atoms with Crippen molar-refractivity contribution in [2.24, 2.45) is 0 Å². The van der Waals surface area contributed by atoms with Crippen LogP contribution in [0.4, 0.5) is 5.69 Å². The van der Waals surface area contributed by atoms with Crippen LogP contribution in [0.3, 0.4) is 0 Å². The minimum Gasteiger partial charge on any atom is -0.384 e.